The van der Waals surface area contributed by atoms with E-state index in [4.69, 9.17) is 9.72 Å². The van der Waals surface area contributed by atoms with Gasteiger partial charge in [-0.15, -0.1) is 0 Å². The van der Waals surface area contributed by atoms with Crippen molar-refractivity contribution in [2.24, 2.45) is 0 Å². The number of rotatable bonds is 6. The van der Waals surface area contributed by atoms with E-state index in [0.29, 0.717) is 12.2 Å². The number of hydrogen-bond acceptors (Lipinski definition) is 6. The summed E-state index contributed by atoms with van der Waals surface area (Å²) in [7, 11) is 0. The number of thiazole rings is 1. The number of nitrogens with zero attached hydrogens (tertiary/aromatic N) is 5. The predicted molar refractivity (Wildman–Crippen MR) is 124 cm³/mol. The fraction of sp³-hybridized carbons (Fsp3) is 0.476. The van der Waals surface area contributed by atoms with E-state index >= 15 is 0 Å². The molecule has 160 valence electrons. The van der Waals surface area contributed by atoms with Crippen LogP contribution in [0.3, 0.4) is 0 Å². The van der Waals surface area contributed by atoms with Crippen LogP contribution in [-0.4, -0.2) is 65.0 Å². The number of aryl methyl sites for hydroxylation is 1. The third-order valence-corrected chi connectivity index (χ3v) is 6.66. The van der Waals surface area contributed by atoms with E-state index in [0.717, 1.165) is 58.4 Å². The summed E-state index contributed by atoms with van der Waals surface area (Å²) in [5.74, 6) is -0.0596. The molecule has 1 amide bonds. The zero-order chi connectivity index (χ0) is 21.3. The highest BCUT2D eigenvalue weighted by atomic mass is 79.9. The number of morpholine rings is 1. The lowest BCUT2D eigenvalue weighted by Crippen LogP contribution is -2.43. The van der Waals surface area contributed by atoms with Crippen LogP contribution in [0.1, 0.15) is 36.1 Å². The summed E-state index contributed by atoms with van der Waals surface area (Å²) in [5, 5.41) is 5.25. The van der Waals surface area contributed by atoms with Crippen molar-refractivity contribution in [1.29, 1.82) is 0 Å². The fourth-order valence-electron chi connectivity index (χ4n) is 3.56. The molecule has 1 aliphatic heterocycles. The maximum atomic E-state index is 13.7. The molecule has 4 rings (SSSR count). The van der Waals surface area contributed by atoms with Crippen LogP contribution < -0.4 is 4.90 Å². The van der Waals surface area contributed by atoms with Crippen LogP contribution in [0.5, 0.6) is 0 Å². The third-order valence-electron chi connectivity index (χ3n) is 5.12. The summed E-state index contributed by atoms with van der Waals surface area (Å²) in [5.41, 5.74) is 2.34. The molecule has 1 aliphatic rings. The van der Waals surface area contributed by atoms with E-state index in [9.17, 15) is 4.79 Å². The predicted octanol–water partition coefficient (Wildman–Crippen LogP) is 4.12. The van der Waals surface area contributed by atoms with Gasteiger partial charge in [0.25, 0.3) is 5.91 Å². The second-order valence-electron chi connectivity index (χ2n) is 7.73. The number of amides is 1. The summed E-state index contributed by atoms with van der Waals surface area (Å²) < 4.78 is 9.32. The van der Waals surface area contributed by atoms with Gasteiger partial charge >= 0.3 is 0 Å². The zero-order valence-corrected chi connectivity index (χ0v) is 19.9. The van der Waals surface area contributed by atoms with Crippen LogP contribution in [-0.2, 0) is 4.74 Å². The normalized spacial score (nSPS) is 15.2. The van der Waals surface area contributed by atoms with Crippen LogP contribution in [0.4, 0.5) is 5.13 Å². The highest BCUT2D eigenvalue weighted by Gasteiger charge is 2.26. The average molecular weight is 492 g/mol. The molecule has 3 aromatic rings. The lowest BCUT2D eigenvalue weighted by Gasteiger charge is -2.29. The number of carbonyl (C=O) groups excluding carboxylic acids is 1. The highest BCUT2D eigenvalue weighted by Crippen LogP contribution is 2.32. The van der Waals surface area contributed by atoms with Gasteiger partial charge in [0.2, 0.25) is 0 Å². The summed E-state index contributed by atoms with van der Waals surface area (Å²) in [6, 6.07) is 7.97. The van der Waals surface area contributed by atoms with E-state index < -0.39 is 0 Å². The van der Waals surface area contributed by atoms with E-state index in [1.54, 1.807) is 11.3 Å². The Morgan fingerprint density at radius 2 is 2.07 bits per heavy atom. The quantitative estimate of drug-likeness (QED) is 0.518. The first-order valence-corrected chi connectivity index (χ1v) is 11.8. The lowest BCUT2D eigenvalue weighted by atomic mass is 10.3. The van der Waals surface area contributed by atoms with Crippen LogP contribution >= 0.6 is 27.3 Å². The Labute approximate surface area is 188 Å². The van der Waals surface area contributed by atoms with Gasteiger partial charge in [-0.3, -0.25) is 19.3 Å². The number of fused-ring (bicyclic) bond motifs is 1. The Morgan fingerprint density at radius 3 is 2.80 bits per heavy atom. The molecule has 0 aliphatic carbocycles. The molecule has 1 aromatic carbocycles. The van der Waals surface area contributed by atoms with Gasteiger partial charge in [0, 0.05) is 36.7 Å². The summed E-state index contributed by atoms with van der Waals surface area (Å²) >= 11 is 5.06. The first kappa shape index (κ1) is 21.4. The van der Waals surface area contributed by atoms with Crippen LogP contribution in [0, 0.1) is 6.92 Å². The van der Waals surface area contributed by atoms with Gasteiger partial charge in [-0.05, 0) is 45.0 Å². The van der Waals surface area contributed by atoms with Gasteiger partial charge in [-0.25, -0.2) is 4.98 Å². The first-order chi connectivity index (χ1) is 14.4. The molecule has 30 heavy (non-hydrogen) atoms. The van der Waals surface area contributed by atoms with E-state index in [1.807, 2.05) is 54.6 Å². The Morgan fingerprint density at radius 1 is 1.30 bits per heavy atom. The fourth-order valence-corrected chi connectivity index (χ4v) is 5.10. The Bertz CT molecular complexity index is 1040. The summed E-state index contributed by atoms with van der Waals surface area (Å²) in [4.78, 5) is 22.6. The molecular formula is C21H26BrN5O2S. The molecule has 0 bridgehead atoms. The molecule has 9 heteroatoms. The number of aromatic nitrogens is 3. The number of hydrogen-bond donors (Lipinski definition) is 0. The monoisotopic (exact) mass is 491 g/mol. The molecule has 7 nitrogen and oxygen atoms in total. The number of anilines is 1. The van der Waals surface area contributed by atoms with Crippen molar-refractivity contribution >= 4 is 48.5 Å². The van der Waals surface area contributed by atoms with Gasteiger partial charge in [-0.2, -0.15) is 5.10 Å². The molecule has 0 atom stereocenters. The Kier molecular flexibility index (Phi) is 6.52. The molecular weight excluding hydrogens is 466 g/mol. The Balaban J connectivity index is 1.67. The highest BCUT2D eigenvalue weighted by molar-refractivity contribution is 9.10. The van der Waals surface area contributed by atoms with Crippen molar-refractivity contribution in [2.45, 2.75) is 26.8 Å². The molecule has 0 unspecified atom stereocenters. The van der Waals surface area contributed by atoms with Gasteiger partial charge in [-0.1, -0.05) is 27.3 Å². The molecule has 0 spiro atoms. The lowest BCUT2D eigenvalue weighted by molar-refractivity contribution is 0.0391. The minimum absolute atomic E-state index is 0.0596. The van der Waals surface area contributed by atoms with E-state index in [2.05, 4.69) is 25.9 Å². The molecule has 0 radical (unpaired) electrons. The van der Waals surface area contributed by atoms with Crippen molar-refractivity contribution < 1.29 is 9.53 Å². The van der Waals surface area contributed by atoms with Gasteiger partial charge in [0.1, 0.15) is 5.69 Å². The molecule has 1 saturated heterocycles. The van der Waals surface area contributed by atoms with Crippen molar-refractivity contribution in [3.05, 3.63) is 40.1 Å². The van der Waals surface area contributed by atoms with Gasteiger partial charge in [0.05, 0.1) is 29.1 Å². The van der Waals surface area contributed by atoms with Crippen molar-refractivity contribution in [3.8, 4) is 0 Å². The summed E-state index contributed by atoms with van der Waals surface area (Å²) in [6.07, 6.45) is 0. The Hall–Kier alpha value is -1.81. The standard InChI is InChI=1S/C21H26BrN5O2S/c1-14(2)27-18(12-15(3)24-27)20(28)26(7-6-25-8-10-29-11-9-25)21-23-17-5-4-16(22)13-19(17)30-21/h4-5,12-14H,6-11H2,1-3H3. The van der Waals surface area contributed by atoms with Crippen molar-refractivity contribution in [2.75, 3.05) is 44.3 Å². The third kappa shape index (κ3) is 4.59. The SMILES string of the molecule is Cc1cc(C(=O)N(CCN2CCOCC2)c2nc3ccc(Br)cc3s2)n(C(C)C)n1. The average Bonchev–Trinajstić information content (AvgIpc) is 3.32. The number of benzene rings is 1. The maximum Gasteiger partial charge on any atom is 0.278 e. The molecule has 2 aromatic heterocycles. The molecule has 1 fully saturated rings. The molecule has 0 saturated carbocycles. The van der Waals surface area contributed by atoms with Gasteiger partial charge in [0.15, 0.2) is 5.13 Å². The number of halogens is 1. The minimum atomic E-state index is -0.0596. The van der Waals surface area contributed by atoms with E-state index in [1.165, 1.54) is 0 Å². The van der Waals surface area contributed by atoms with Crippen LogP contribution in [0.2, 0.25) is 0 Å². The molecule has 3 heterocycles. The number of ether oxygens (including phenoxy) is 1. The second kappa shape index (κ2) is 9.13. The zero-order valence-electron chi connectivity index (χ0n) is 17.5. The largest absolute Gasteiger partial charge is 0.379 e. The smallest absolute Gasteiger partial charge is 0.278 e. The maximum absolute atomic E-state index is 13.7. The minimum Gasteiger partial charge on any atom is -0.379 e. The summed E-state index contributed by atoms with van der Waals surface area (Å²) in [6.45, 7) is 10.6. The second-order valence-corrected chi connectivity index (χ2v) is 9.65. The van der Waals surface area contributed by atoms with E-state index in [-0.39, 0.29) is 11.9 Å². The number of carbonyl (C=O) groups is 1. The first-order valence-electron chi connectivity index (χ1n) is 10.2. The molecule has 0 N–H and O–H groups in total. The topological polar surface area (TPSA) is 63.5 Å². The van der Waals surface area contributed by atoms with Crippen LogP contribution in [0.15, 0.2) is 28.7 Å². The van der Waals surface area contributed by atoms with Crippen molar-refractivity contribution in [3.63, 3.8) is 0 Å². The van der Waals surface area contributed by atoms with Crippen molar-refractivity contribution in [1.82, 2.24) is 19.7 Å². The van der Waals surface area contributed by atoms with Gasteiger partial charge < -0.3 is 4.74 Å². The van der Waals surface area contributed by atoms with Crippen LogP contribution in [0.25, 0.3) is 10.2 Å².